The summed E-state index contributed by atoms with van der Waals surface area (Å²) in [6.07, 6.45) is -3.51. The van der Waals surface area contributed by atoms with Crippen molar-refractivity contribution in [3.05, 3.63) is 0 Å². The predicted molar refractivity (Wildman–Crippen MR) is 44.5 cm³/mol. The summed E-state index contributed by atoms with van der Waals surface area (Å²) in [5.41, 5.74) is 0. The van der Waals surface area contributed by atoms with Crippen LogP contribution in [0, 0.1) is 0 Å². The first-order chi connectivity index (χ1) is 5.85. The van der Waals surface area contributed by atoms with E-state index in [-0.39, 0.29) is 6.54 Å². The fraction of sp³-hybridized carbons (Fsp3) is 1.00. The number of aliphatic hydroxyl groups is 1. The summed E-state index contributed by atoms with van der Waals surface area (Å²) in [4.78, 5) is 1.08. The summed E-state index contributed by atoms with van der Waals surface area (Å²) in [6.45, 7) is 0.994. The van der Waals surface area contributed by atoms with Crippen LogP contribution in [-0.2, 0) is 0 Å². The first-order valence-electron chi connectivity index (χ1n) is 4.28. The average molecular weight is 199 g/mol. The van der Waals surface area contributed by atoms with Crippen LogP contribution < -0.4 is 0 Å². The molecule has 0 aliphatic rings. The summed E-state index contributed by atoms with van der Waals surface area (Å²) in [5, 5.41) is 9.21. The van der Waals surface area contributed by atoms with Crippen molar-refractivity contribution in [3.63, 3.8) is 0 Å². The number of rotatable bonds is 5. The van der Waals surface area contributed by atoms with Gasteiger partial charge in [0.2, 0.25) is 0 Å². The lowest BCUT2D eigenvalue weighted by Gasteiger charge is -2.21. The van der Waals surface area contributed by atoms with Crippen molar-refractivity contribution in [2.75, 3.05) is 20.1 Å². The average Bonchev–Trinajstić information content (AvgIpc) is 1.81. The Labute approximate surface area is 76.3 Å². The van der Waals surface area contributed by atoms with Crippen molar-refractivity contribution in [1.82, 2.24) is 4.90 Å². The monoisotopic (exact) mass is 199 g/mol. The van der Waals surface area contributed by atoms with E-state index in [9.17, 15) is 18.3 Å². The molecule has 0 heterocycles. The molecule has 0 aliphatic heterocycles. The van der Waals surface area contributed by atoms with Crippen molar-refractivity contribution in [3.8, 4) is 0 Å². The van der Waals surface area contributed by atoms with Crippen molar-refractivity contribution in [2.45, 2.75) is 32.0 Å². The van der Waals surface area contributed by atoms with Gasteiger partial charge >= 0.3 is 6.18 Å². The number of aliphatic hydroxyl groups excluding tert-OH is 1. The van der Waals surface area contributed by atoms with E-state index in [1.165, 1.54) is 7.05 Å². The lowest BCUT2D eigenvalue weighted by atomic mass is 10.2. The zero-order valence-corrected chi connectivity index (χ0v) is 7.93. The third-order valence-corrected chi connectivity index (χ3v) is 1.59. The first-order valence-corrected chi connectivity index (χ1v) is 4.28. The zero-order valence-electron chi connectivity index (χ0n) is 7.93. The number of likely N-dealkylation sites (N-methyl/N-ethyl adjacent to an activating group) is 1. The molecule has 1 atom stereocenters. The Bertz CT molecular complexity index is 138. The molecule has 0 spiro atoms. The second-order valence-electron chi connectivity index (χ2n) is 3.25. The quantitative estimate of drug-likeness (QED) is 0.727. The van der Waals surface area contributed by atoms with Crippen molar-refractivity contribution in [1.29, 1.82) is 0 Å². The van der Waals surface area contributed by atoms with E-state index >= 15 is 0 Å². The number of hydrogen-bond acceptors (Lipinski definition) is 2. The molecular weight excluding hydrogens is 183 g/mol. The van der Waals surface area contributed by atoms with Gasteiger partial charge in [-0.25, -0.2) is 0 Å². The van der Waals surface area contributed by atoms with Gasteiger partial charge in [0.15, 0.2) is 0 Å². The lowest BCUT2D eigenvalue weighted by molar-refractivity contribution is -0.145. The normalized spacial score (nSPS) is 15.0. The Hall–Kier alpha value is -0.290. The Kier molecular flexibility index (Phi) is 5.32. The number of alkyl halides is 3. The largest absolute Gasteiger partial charge is 0.401 e. The molecule has 0 saturated carbocycles. The molecule has 2 nitrogen and oxygen atoms in total. The predicted octanol–water partition coefficient (Wildman–Crippen LogP) is 1.64. The highest BCUT2D eigenvalue weighted by molar-refractivity contribution is 4.64. The summed E-state index contributed by atoms with van der Waals surface area (Å²) in [7, 11) is 1.35. The molecule has 13 heavy (non-hydrogen) atoms. The van der Waals surface area contributed by atoms with Crippen LogP contribution in [0.15, 0.2) is 0 Å². The third kappa shape index (κ3) is 8.05. The standard InChI is InChI=1S/C8H16F3NO/c1-3-4-7(13)5-12(2)6-8(9,10)11/h7,13H,3-6H2,1-2H3. The summed E-state index contributed by atoms with van der Waals surface area (Å²) >= 11 is 0. The lowest BCUT2D eigenvalue weighted by Crippen LogP contribution is -2.36. The fourth-order valence-electron chi connectivity index (χ4n) is 1.15. The van der Waals surface area contributed by atoms with Gasteiger partial charge in [-0.2, -0.15) is 13.2 Å². The van der Waals surface area contributed by atoms with Gasteiger partial charge < -0.3 is 5.11 Å². The van der Waals surface area contributed by atoms with Gasteiger partial charge in [0.05, 0.1) is 12.6 Å². The Morgan fingerprint density at radius 2 is 1.92 bits per heavy atom. The van der Waals surface area contributed by atoms with E-state index in [1.807, 2.05) is 6.92 Å². The zero-order chi connectivity index (χ0) is 10.5. The third-order valence-electron chi connectivity index (χ3n) is 1.59. The Morgan fingerprint density at radius 3 is 2.31 bits per heavy atom. The molecule has 0 aromatic heterocycles. The van der Waals surface area contributed by atoms with E-state index in [4.69, 9.17) is 0 Å². The number of nitrogens with zero attached hydrogens (tertiary/aromatic N) is 1. The summed E-state index contributed by atoms with van der Waals surface area (Å²) < 4.78 is 35.5. The summed E-state index contributed by atoms with van der Waals surface area (Å²) in [6, 6.07) is 0. The maximum atomic E-state index is 11.8. The van der Waals surface area contributed by atoms with Crippen LogP contribution in [0.25, 0.3) is 0 Å². The van der Waals surface area contributed by atoms with Crippen molar-refractivity contribution in [2.24, 2.45) is 0 Å². The van der Waals surface area contributed by atoms with Gasteiger partial charge in [0.25, 0.3) is 0 Å². The van der Waals surface area contributed by atoms with Crippen LogP contribution in [0.3, 0.4) is 0 Å². The molecular formula is C8H16F3NO. The molecule has 0 rings (SSSR count). The van der Waals surface area contributed by atoms with Crippen LogP contribution >= 0.6 is 0 Å². The van der Waals surface area contributed by atoms with Gasteiger partial charge in [-0.1, -0.05) is 13.3 Å². The van der Waals surface area contributed by atoms with E-state index in [0.717, 1.165) is 11.3 Å². The van der Waals surface area contributed by atoms with Crippen LogP contribution in [0.1, 0.15) is 19.8 Å². The van der Waals surface area contributed by atoms with Gasteiger partial charge in [-0.05, 0) is 13.5 Å². The molecule has 5 heteroatoms. The molecule has 1 unspecified atom stereocenters. The van der Waals surface area contributed by atoms with Gasteiger partial charge in [0, 0.05) is 6.54 Å². The molecule has 0 aromatic carbocycles. The molecule has 1 N–H and O–H groups in total. The molecule has 80 valence electrons. The second-order valence-corrected chi connectivity index (χ2v) is 3.25. The van der Waals surface area contributed by atoms with Crippen molar-refractivity contribution >= 4 is 0 Å². The molecule has 0 aromatic rings. The minimum absolute atomic E-state index is 0.0767. The highest BCUT2D eigenvalue weighted by Crippen LogP contribution is 2.15. The second kappa shape index (κ2) is 5.44. The SMILES string of the molecule is CCCC(O)CN(C)CC(F)(F)F. The van der Waals surface area contributed by atoms with Crippen LogP contribution in [0.5, 0.6) is 0 Å². The van der Waals surface area contributed by atoms with Crippen molar-refractivity contribution < 1.29 is 18.3 Å². The minimum atomic E-state index is -4.18. The fourth-order valence-corrected chi connectivity index (χ4v) is 1.15. The van der Waals surface area contributed by atoms with Gasteiger partial charge in [-0.15, -0.1) is 0 Å². The molecule has 0 saturated heterocycles. The van der Waals surface area contributed by atoms with Gasteiger partial charge in [-0.3, -0.25) is 4.90 Å². The number of halogens is 3. The smallest absolute Gasteiger partial charge is 0.392 e. The highest BCUT2D eigenvalue weighted by Gasteiger charge is 2.29. The van der Waals surface area contributed by atoms with Crippen LogP contribution in [0.2, 0.25) is 0 Å². The van der Waals surface area contributed by atoms with Crippen LogP contribution in [-0.4, -0.2) is 42.4 Å². The van der Waals surface area contributed by atoms with E-state index in [1.54, 1.807) is 0 Å². The molecule has 0 radical (unpaired) electrons. The Balaban J connectivity index is 3.67. The van der Waals surface area contributed by atoms with Gasteiger partial charge in [0.1, 0.15) is 0 Å². The highest BCUT2D eigenvalue weighted by atomic mass is 19.4. The molecule has 0 bridgehead atoms. The van der Waals surface area contributed by atoms with E-state index in [2.05, 4.69) is 0 Å². The molecule has 0 fully saturated rings. The van der Waals surface area contributed by atoms with E-state index in [0.29, 0.717) is 6.42 Å². The first kappa shape index (κ1) is 12.7. The molecule has 0 amide bonds. The Morgan fingerprint density at radius 1 is 1.38 bits per heavy atom. The maximum absolute atomic E-state index is 11.8. The minimum Gasteiger partial charge on any atom is -0.392 e. The van der Waals surface area contributed by atoms with E-state index < -0.39 is 18.8 Å². The maximum Gasteiger partial charge on any atom is 0.401 e. The van der Waals surface area contributed by atoms with Crippen LogP contribution in [0.4, 0.5) is 13.2 Å². The topological polar surface area (TPSA) is 23.5 Å². The number of hydrogen-bond donors (Lipinski definition) is 1. The summed E-state index contributed by atoms with van der Waals surface area (Å²) in [5.74, 6) is 0. The molecule has 0 aliphatic carbocycles.